The molecule has 18 heavy (non-hydrogen) atoms. The monoisotopic (exact) mass is 261 g/mol. The summed E-state index contributed by atoms with van der Waals surface area (Å²) in [6.07, 6.45) is 3.23. The summed E-state index contributed by atoms with van der Waals surface area (Å²) in [4.78, 5) is 11.6. The normalized spacial score (nSPS) is 16.1. The number of nitrogens with one attached hydrogen (secondary N) is 1. The maximum absolute atomic E-state index is 11.6. The second-order valence-corrected chi connectivity index (χ2v) is 4.84. The molecule has 0 aliphatic heterocycles. The minimum atomic E-state index is -0.880. The molecule has 0 saturated carbocycles. The highest BCUT2D eigenvalue weighted by Gasteiger charge is 2.24. The molecule has 0 fully saturated rings. The van der Waals surface area contributed by atoms with E-state index in [1.54, 1.807) is 14.0 Å². The molecule has 0 rings (SSSR count). The Bertz CT molecular complexity index is 231. The van der Waals surface area contributed by atoms with Gasteiger partial charge in [0.15, 0.2) is 0 Å². The lowest BCUT2D eigenvalue weighted by Gasteiger charge is -2.26. The predicted octanol–water partition coefficient (Wildman–Crippen LogP) is 1.10. The Kier molecular flexibility index (Phi) is 8.97. The van der Waals surface area contributed by atoms with Crippen LogP contribution >= 0.6 is 0 Å². The smallest absolute Gasteiger partial charge is 0.322 e. The predicted molar refractivity (Wildman–Crippen MR) is 70.4 cm³/mol. The molecule has 5 nitrogen and oxygen atoms in total. The Morgan fingerprint density at radius 3 is 2.61 bits per heavy atom. The Morgan fingerprint density at radius 2 is 2.11 bits per heavy atom. The summed E-state index contributed by atoms with van der Waals surface area (Å²) < 4.78 is 9.69. The third-order valence-electron chi connectivity index (χ3n) is 2.91. The summed E-state index contributed by atoms with van der Waals surface area (Å²) >= 11 is 0. The van der Waals surface area contributed by atoms with Crippen LogP contribution < -0.4 is 5.32 Å². The second-order valence-electron chi connectivity index (χ2n) is 4.84. The molecule has 0 aromatic carbocycles. The maximum Gasteiger partial charge on any atom is 0.322 e. The molecule has 0 bridgehead atoms. The van der Waals surface area contributed by atoms with Crippen molar-refractivity contribution in [1.29, 1.82) is 0 Å². The van der Waals surface area contributed by atoms with Crippen LogP contribution in [0.5, 0.6) is 0 Å². The first-order chi connectivity index (χ1) is 8.46. The largest absolute Gasteiger partial charge is 0.468 e. The lowest BCUT2D eigenvalue weighted by atomic mass is 10.0. The number of hydrogen-bond acceptors (Lipinski definition) is 5. The van der Waals surface area contributed by atoms with Gasteiger partial charge in [-0.1, -0.05) is 19.8 Å². The number of rotatable bonds is 10. The standard InChI is InChI=1S/C13H27NO4/c1-5-6-7-11(12(15)18-4)14-10-13(2,16)8-9-17-3/h11,14,16H,5-10H2,1-4H3. The van der Waals surface area contributed by atoms with E-state index in [2.05, 4.69) is 12.2 Å². The van der Waals surface area contributed by atoms with Crippen molar-refractivity contribution in [2.45, 2.75) is 51.2 Å². The molecule has 0 amide bonds. The fourth-order valence-electron chi connectivity index (χ4n) is 1.61. The van der Waals surface area contributed by atoms with E-state index < -0.39 is 5.60 Å². The van der Waals surface area contributed by atoms with E-state index in [0.717, 1.165) is 19.3 Å². The number of ether oxygens (including phenoxy) is 2. The van der Waals surface area contributed by atoms with Gasteiger partial charge in [-0.05, 0) is 13.3 Å². The molecule has 0 aromatic heterocycles. The van der Waals surface area contributed by atoms with Gasteiger partial charge in [0.1, 0.15) is 6.04 Å². The lowest BCUT2D eigenvalue weighted by Crippen LogP contribution is -2.46. The number of carbonyl (C=O) groups is 1. The molecule has 2 atom stereocenters. The summed E-state index contributed by atoms with van der Waals surface area (Å²) in [5, 5.41) is 13.2. The zero-order valence-corrected chi connectivity index (χ0v) is 12.0. The van der Waals surface area contributed by atoms with Gasteiger partial charge in [0.25, 0.3) is 0 Å². The van der Waals surface area contributed by atoms with Gasteiger partial charge in [-0.3, -0.25) is 4.79 Å². The van der Waals surface area contributed by atoms with Gasteiger partial charge in [0.05, 0.1) is 12.7 Å². The van der Waals surface area contributed by atoms with Crippen LogP contribution in [0.1, 0.15) is 39.5 Å². The van der Waals surface area contributed by atoms with E-state index in [9.17, 15) is 9.90 Å². The summed E-state index contributed by atoms with van der Waals surface area (Å²) in [6.45, 7) is 4.64. The molecule has 108 valence electrons. The number of methoxy groups -OCH3 is 2. The molecule has 0 spiro atoms. The summed E-state index contributed by atoms with van der Waals surface area (Å²) in [5.74, 6) is -0.272. The molecule has 5 heteroatoms. The van der Waals surface area contributed by atoms with Crippen molar-refractivity contribution in [2.75, 3.05) is 27.4 Å². The van der Waals surface area contributed by atoms with Crippen LogP contribution in [0.2, 0.25) is 0 Å². The van der Waals surface area contributed by atoms with Crippen molar-refractivity contribution in [1.82, 2.24) is 5.32 Å². The number of aliphatic hydroxyl groups is 1. The van der Waals surface area contributed by atoms with Crippen molar-refractivity contribution in [3.63, 3.8) is 0 Å². The average molecular weight is 261 g/mol. The van der Waals surface area contributed by atoms with Gasteiger partial charge >= 0.3 is 5.97 Å². The van der Waals surface area contributed by atoms with E-state index >= 15 is 0 Å². The third kappa shape index (κ3) is 7.63. The van der Waals surface area contributed by atoms with E-state index in [1.807, 2.05) is 0 Å². The SMILES string of the molecule is CCCCC(NCC(C)(O)CCOC)C(=O)OC. The second kappa shape index (κ2) is 9.30. The lowest BCUT2D eigenvalue weighted by molar-refractivity contribution is -0.143. The Labute approximate surface area is 110 Å². The van der Waals surface area contributed by atoms with Crippen LogP contribution in [0.25, 0.3) is 0 Å². The molecule has 0 aliphatic rings. The number of unbranched alkanes of at least 4 members (excludes halogenated alkanes) is 1. The molecular weight excluding hydrogens is 234 g/mol. The van der Waals surface area contributed by atoms with Gasteiger partial charge in [0.2, 0.25) is 0 Å². The Morgan fingerprint density at radius 1 is 1.44 bits per heavy atom. The Hall–Kier alpha value is -0.650. The zero-order chi connectivity index (χ0) is 14.0. The van der Waals surface area contributed by atoms with Crippen LogP contribution in [-0.4, -0.2) is 50.1 Å². The molecule has 0 saturated heterocycles. The van der Waals surface area contributed by atoms with Crippen molar-refractivity contribution in [3.05, 3.63) is 0 Å². The number of carbonyl (C=O) groups excluding carboxylic acids is 1. The van der Waals surface area contributed by atoms with Crippen molar-refractivity contribution in [2.24, 2.45) is 0 Å². The molecule has 2 unspecified atom stereocenters. The van der Waals surface area contributed by atoms with Gasteiger partial charge in [-0.25, -0.2) is 0 Å². The molecule has 0 heterocycles. The molecule has 2 N–H and O–H groups in total. The highest BCUT2D eigenvalue weighted by molar-refractivity contribution is 5.75. The van der Waals surface area contributed by atoms with Crippen LogP contribution in [0.15, 0.2) is 0 Å². The van der Waals surface area contributed by atoms with Gasteiger partial charge in [0, 0.05) is 26.7 Å². The van der Waals surface area contributed by atoms with Crippen molar-refractivity contribution >= 4 is 5.97 Å². The molecule has 0 aromatic rings. The zero-order valence-electron chi connectivity index (χ0n) is 12.0. The molecular formula is C13H27NO4. The molecule has 0 aliphatic carbocycles. The minimum absolute atomic E-state index is 0.272. The van der Waals surface area contributed by atoms with E-state index in [4.69, 9.17) is 9.47 Å². The summed E-state index contributed by atoms with van der Waals surface area (Å²) in [6, 6.07) is -0.344. The summed E-state index contributed by atoms with van der Waals surface area (Å²) in [5.41, 5.74) is -0.880. The van der Waals surface area contributed by atoms with Crippen LogP contribution in [0.4, 0.5) is 0 Å². The average Bonchev–Trinajstić information content (AvgIpc) is 2.35. The summed E-state index contributed by atoms with van der Waals surface area (Å²) in [7, 11) is 2.98. The van der Waals surface area contributed by atoms with Crippen LogP contribution in [0.3, 0.4) is 0 Å². The molecule has 0 radical (unpaired) electrons. The van der Waals surface area contributed by atoms with E-state index in [0.29, 0.717) is 19.6 Å². The first-order valence-corrected chi connectivity index (χ1v) is 6.49. The minimum Gasteiger partial charge on any atom is -0.468 e. The van der Waals surface area contributed by atoms with Gasteiger partial charge in [-0.2, -0.15) is 0 Å². The van der Waals surface area contributed by atoms with E-state index in [1.165, 1.54) is 7.11 Å². The quantitative estimate of drug-likeness (QED) is 0.576. The fraction of sp³-hybridized carbons (Fsp3) is 0.923. The first kappa shape index (κ1) is 17.4. The topological polar surface area (TPSA) is 67.8 Å². The first-order valence-electron chi connectivity index (χ1n) is 6.49. The van der Waals surface area contributed by atoms with Crippen LogP contribution in [-0.2, 0) is 14.3 Å². The highest BCUT2D eigenvalue weighted by atomic mass is 16.5. The van der Waals surface area contributed by atoms with Gasteiger partial charge < -0.3 is 19.9 Å². The van der Waals surface area contributed by atoms with Crippen LogP contribution in [0, 0.1) is 0 Å². The van der Waals surface area contributed by atoms with E-state index in [-0.39, 0.29) is 12.0 Å². The number of hydrogen-bond donors (Lipinski definition) is 2. The number of esters is 1. The maximum atomic E-state index is 11.6. The third-order valence-corrected chi connectivity index (χ3v) is 2.91. The highest BCUT2D eigenvalue weighted by Crippen LogP contribution is 2.10. The fourth-order valence-corrected chi connectivity index (χ4v) is 1.61. The van der Waals surface area contributed by atoms with Crippen molar-refractivity contribution in [3.8, 4) is 0 Å². The van der Waals surface area contributed by atoms with Crippen molar-refractivity contribution < 1.29 is 19.4 Å². The van der Waals surface area contributed by atoms with Gasteiger partial charge in [-0.15, -0.1) is 0 Å². The Balaban J connectivity index is 4.19.